The second kappa shape index (κ2) is 15.4. The van der Waals surface area contributed by atoms with Gasteiger partial charge in [0, 0.05) is 42.7 Å². The van der Waals surface area contributed by atoms with Crippen molar-refractivity contribution in [3.63, 3.8) is 0 Å². The minimum atomic E-state index is -2.34. The van der Waals surface area contributed by atoms with Crippen LogP contribution in [0.15, 0.2) is 0 Å². The van der Waals surface area contributed by atoms with Gasteiger partial charge in [-0.3, -0.25) is 0 Å². The summed E-state index contributed by atoms with van der Waals surface area (Å²) in [5.41, 5.74) is 19.8. The Hall–Kier alpha value is -0.692. The highest BCUT2D eigenvalue weighted by Gasteiger charge is 2.20. The molecule has 0 aliphatic heterocycles. The molecule has 10 heteroatoms. The Labute approximate surface area is 165 Å². The summed E-state index contributed by atoms with van der Waals surface area (Å²) in [6.45, 7) is 2.06. The quantitative estimate of drug-likeness (QED) is 0.235. The molecule has 0 atom stereocenters. The van der Waals surface area contributed by atoms with Crippen molar-refractivity contribution in [2.75, 3.05) is 42.7 Å². The first kappa shape index (κ1) is 25.3. The van der Waals surface area contributed by atoms with Crippen LogP contribution in [0.5, 0.6) is 0 Å². The van der Waals surface area contributed by atoms with Gasteiger partial charge >= 0.3 is 0 Å². The molecule has 0 bridgehead atoms. The third-order valence-corrected chi connectivity index (χ3v) is 10.6. The average molecular weight is 431 g/mol. The first-order valence-corrected chi connectivity index (χ1v) is 15.2. The maximum Gasteiger partial charge on any atom is 0.285 e. The van der Waals surface area contributed by atoms with Crippen LogP contribution in [-0.2, 0) is 28.4 Å². The van der Waals surface area contributed by atoms with E-state index in [-0.39, 0.29) is 17.7 Å². The van der Waals surface area contributed by atoms with Crippen LogP contribution in [0.2, 0.25) is 6.55 Å². The van der Waals surface area contributed by atoms with Crippen molar-refractivity contribution in [3.8, 4) is 33.3 Å². The van der Waals surface area contributed by atoms with Crippen LogP contribution in [0.25, 0.3) is 0 Å². The van der Waals surface area contributed by atoms with E-state index in [2.05, 4.69) is 39.8 Å². The average Bonchev–Trinajstić information content (AvgIpc) is 2.66. The molecule has 146 valence electrons. The van der Waals surface area contributed by atoms with Crippen molar-refractivity contribution in [1.29, 1.82) is 0 Å². The Morgan fingerprint density at radius 3 is 0.962 bits per heavy atom. The van der Waals surface area contributed by atoms with Gasteiger partial charge in [0.1, 0.15) is 17.7 Å². The Morgan fingerprint density at radius 1 is 0.538 bits per heavy atom. The van der Waals surface area contributed by atoms with Gasteiger partial charge in [0.15, 0.2) is 28.6 Å². The minimum Gasteiger partial charge on any atom is -0.359 e. The Morgan fingerprint density at radius 2 is 0.769 bits per heavy atom. The molecule has 0 unspecified atom stereocenters. The van der Waals surface area contributed by atoms with Crippen LogP contribution >= 0.6 is 0 Å². The molecule has 0 amide bonds. The second-order valence-corrected chi connectivity index (χ2v) is 12.6. The highest BCUT2D eigenvalue weighted by atomic mass is 28.3. The fourth-order valence-electron chi connectivity index (χ4n) is 1.82. The molecule has 0 N–H and O–H groups in total. The number of hydrogen-bond acceptors (Lipinski definition) is 6. The highest BCUT2D eigenvalue weighted by Crippen LogP contribution is 1.98. The molecule has 0 fully saturated rings. The van der Waals surface area contributed by atoms with E-state index in [1.165, 1.54) is 0 Å². The van der Waals surface area contributed by atoms with Crippen molar-refractivity contribution in [2.45, 2.75) is 24.3 Å². The van der Waals surface area contributed by atoms with Crippen LogP contribution < -0.4 is 0 Å². The van der Waals surface area contributed by atoms with Crippen LogP contribution in [-0.4, -0.2) is 97.0 Å². The van der Waals surface area contributed by atoms with Crippen LogP contribution in [0, 0.1) is 33.3 Å². The summed E-state index contributed by atoms with van der Waals surface area (Å²) in [5, 5.41) is 0. The van der Waals surface area contributed by atoms with Gasteiger partial charge in [-0.1, -0.05) is 0 Å². The molecule has 26 heavy (non-hydrogen) atoms. The van der Waals surface area contributed by atoms with E-state index in [0.29, 0.717) is 0 Å². The van der Waals surface area contributed by atoms with E-state index in [0.717, 1.165) is 0 Å². The van der Waals surface area contributed by atoms with Crippen LogP contribution in [0.3, 0.4) is 0 Å². The molecule has 0 saturated heterocycles. The van der Waals surface area contributed by atoms with Gasteiger partial charge < -0.3 is 28.4 Å². The first-order valence-electron chi connectivity index (χ1n) is 8.15. The smallest absolute Gasteiger partial charge is 0.285 e. The summed E-state index contributed by atoms with van der Waals surface area (Å²) in [4.78, 5) is 0. The van der Waals surface area contributed by atoms with E-state index in [4.69, 9.17) is 28.4 Å². The number of hydrogen-bond donors (Lipinski definition) is 0. The summed E-state index contributed by atoms with van der Waals surface area (Å²) in [6, 6.07) is 0. The lowest BCUT2D eigenvalue weighted by atomic mass is 11.3. The molecule has 0 spiro atoms. The summed E-state index contributed by atoms with van der Waals surface area (Å²) in [7, 11) is 4.92. The van der Waals surface area contributed by atoms with Gasteiger partial charge in [-0.15, -0.1) is 33.3 Å². The topological polar surface area (TPSA) is 55.4 Å². The minimum absolute atomic E-state index is 0.205. The number of rotatable bonds is 9. The lowest BCUT2D eigenvalue weighted by Crippen LogP contribution is -2.29. The van der Waals surface area contributed by atoms with Gasteiger partial charge in [0.05, 0.1) is 0 Å². The first-order chi connectivity index (χ1) is 12.5. The third kappa shape index (κ3) is 11.1. The van der Waals surface area contributed by atoms with E-state index < -0.39 is 36.6 Å². The van der Waals surface area contributed by atoms with Gasteiger partial charge in [-0.25, -0.2) is 0 Å². The molecular formula is C16H30O6Si4. The maximum atomic E-state index is 5.23. The van der Waals surface area contributed by atoms with E-state index in [1.807, 2.05) is 0 Å². The molecule has 0 aliphatic rings. The molecule has 6 nitrogen and oxygen atoms in total. The second-order valence-electron chi connectivity index (χ2n) is 5.35. The van der Waals surface area contributed by atoms with Crippen LogP contribution in [0.4, 0.5) is 0 Å². The fraction of sp³-hybridized carbons (Fsp3) is 0.625. The zero-order chi connectivity index (χ0) is 19.8. The van der Waals surface area contributed by atoms with Crippen molar-refractivity contribution in [1.82, 2.24) is 0 Å². The Kier molecular flexibility index (Phi) is 15.0. The van der Waals surface area contributed by atoms with E-state index in [1.54, 1.807) is 42.7 Å². The zero-order valence-corrected chi connectivity index (χ0v) is 22.0. The molecule has 0 aliphatic carbocycles. The summed E-state index contributed by atoms with van der Waals surface area (Å²) in [5.74, 6) is -0.616. The van der Waals surface area contributed by atoms with Crippen molar-refractivity contribution < 1.29 is 28.4 Å². The fourth-order valence-corrected chi connectivity index (χ4v) is 8.97. The Balaban J connectivity index is 5.29. The molecule has 0 aromatic carbocycles. The predicted octanol–water partition coefficient (Wildman–Crippen LogP) is -2.20. The van der Waals surface area contributed by atoms with E-state index in [9.17, 15) is 0 Å². The monoisotopic (exact) mass is 430 g/mol. The normalized spacial score (nSPS) is 14.1. The summed E-state index contributed by atoms with van der Waals surface area (Å²) >= 11 is 0. The maximum absolute atomic E-state index is 5.23. The molecule has 0 saturated carbocycles. The van der Waals surface area contributed by atoms with Crippen LogP contribution in [0.1, 0.15) is 0 Å². The molecule has 0 aromatic rings. The summed E-state index contributed by atoms with van der Waals surface area (Å²) < 4.78 is 31.4. The lowest BCUT2D eigenvalue weighted by Gasteiger charge is -2.11. The van der Waals surface area contributed by atoms with Gasteiger partial charge in [0.2, 0.25) is 0 Å². The zero-order valence-electron chi connectivity index (χ0n) is 16.8. The number of ether oxygens (including phenoxy) is 6. The van der Waals surface area contributed by atoms with Crippen molar-refractivity contribution in [2.24, 2.45) is 0 Å². The molecular weight excluding hydrogens is 401 g/mol. The van der Waals surface area contributed by atoms with Crippen molar-refractivity contribution >= 4 is 36.6 Å². The third-order valence-electron chi connectivity index (χ3n) is 3.40. The predicted molar refractivity (Wildman–Crippen MR) is 114 cm³/mol. The number of methoxy groups -OCH3 is 6. The molecule has 0 aromatic heterocycles. The van der Waals surface area contributed by atoms with Gasteiger partial charge in [-0.05, 0) is 6.55 Å². The SMILES string of the molecule is COC(OC)[SiH2]C#C[Si](C)(C#C[SiH2]C(OC)OC)C#C[SiH2]C(OC)OC. The van der Waals surface area contributed by atoms with Gasteiger partial charge in [-0.2, -0.15) is 0 Å². The van der Waals surface area contributed by atoms with Crippen molar-refractivity contribution in [3.05, 3.63) is 0 Å². The van der Waals surface area contributed by atoms with Gasteiger partial charge in [0.25, 0.3) is 8.07 Å². The largest absolute Gasteiger partial charge is 0.359 e. The molecule has 0 rings (SSSR count). The Bertz CT molecular complexity index is 478. The molecule has 0 radical (unpaired) electrons. The summed E-state index contributed by atoms with van der Waals surface area (Å²) in [6.07, 6.45) is 0. The standard InChI is InChI=1S/C16H30O6Si4/c1-17-14(18-2)23-8-11-26(7,12-9-24-15(19-3)20-4)13-10-25-16(21-5)22-6/h14-16H,23-25H2,1-7H3. The molecule has 0 heterocycles. The lowest BCUT2D eigenvalue weighted by molar-refractivity contribution is -0.0429. The highest BCUT2D eigenvalue weighted by molar-refractivity contribution is 7.00. The van der Waals surface area contributed by atoms with E-state index >= 15 is 0 Å².